The molecule has 1 aromatic heterocycles. The number of carbonyl (C=O) groups is 1. The lowest BCUT2D eigenvalue weighted by Gasteiger charge is -2.25. The highest BCUT2D eigenvalue weighted by molar-refractivity contribution is 7.16. The lowest BCUT2D eigenvalue weighted by atomic mass is 10.2. The molecule has 0 radical (unpaired) electrons. The van der Waals surface area contributed by atoms with Crippen molar-refractivity contribution in [3.05, 3.63) is 34.0 Å². The van der Waals surface area contributed by atoms with Gasteiger partial charge in [0.15, 0.2) is 0 Å². The molecule has 0 spiro atoms. The van der Waals surface area contributed by atoms with Gasteiger partial charge in [-0.1, -0.05) is 17.7 Å². The molecule has 0 N–H and O–H groups in total. The quantitative estimate of drug-likeness (QED) is 0.577. The minimum atomic E-state index is -4.70. The summed E-state index contributed by atoms with van der Waals surface area (Å²) in [6.45, 7) is 2.84. The molecule has 1 aromatic rings. The van der Waals surface area contributed by atoms with Gasteiger partial charge in [0, 0.05) is 11.4 Å². The molecule has 2 nitrogen and oxygen atoms in total. The first-order valence-electron chi connectivity index (χ1n) is 5.09. The molecule has 0 bridgehead atoms. The standard InChI is InChI=1S/C11H10ClF4NOS/c1-2-5-17(6-7-3-4-8(12)19-7)10(18)11(15,16)9(13)14/h2-4,9H,1,5-6H2. The Morgan fingerprint density at radius 2 is 2.16 bits per heavy atom. The second-order valence-corrected chi connectivity index (χ2v) is 5.40. The van der Waals surface area contributed by atoms with Crippen LogP contribution in [0.2, 0.25) is 4.34 Å². The van der Waals surface area contributed by atoms with Gasteiger partial charge < -0.3 is 4.90 Å². The maximum Gasteiger partial charge on any atom is 0.383 e. The Balaban J connectivity index is 2.88. The van der Waals surface area contributed by atoms with Crippen molar-refractivity contribution < 1.29 is 22.4 Å². The second kappa shape index (κ2) is 6.38. The van der Waals surface area contributed by atoms with Gasteiger partial charge in [0.1, 0.15) is 0 Å². The Labute approximate surface area is 116 Å². The number of rotatable bonds is 6. The smallest absolute Gasteiger partial charge is 0.328 e. The Kier molecular flexibility index (Phi) is 5.37. The molecular formula is C11H10ClF4NOS. The summed E-state index contributed by atoms with van der Waals surface area (Å²) < 4.78 is 50.8. The van der Waals surface area contributed by atoms with Gasteiger partial charge in [-0.15, -0.1) is 17.9 Å². The minimum Gasteiger partial charge on any atom is -0.328 e. The van der Waals surface area contributed by atoms with E-state index < -0.39 is 18.3 Å². The van der Waals surface area contributed by atoms with Crippen LogP contribution in [0.3, 0.4) is 0 Å². The fraction of sp³-hybridized carbons (Fsp3) is 0.364. The second-order valence-electron chi connectivity index (χ2n) is 3.60. The molecule has 0 fully saturated rings. The van der Waals surface area contributed by atoms with Gasteiger partial charge in [-0.3, -0.25) is 4.79 Å². The lowest BCUT2D eigenvalue weighted by Crippen LogP contribution is -2.47. The summed E-state index contributed by atoms with van der Waals surface area (Å²) in [4.78, 5) is 12.6. The van der Waals surface area contributed by atoms with Crippen molar-refractivity contribution in [3.8, 4) is 0 Å². The lowest BCUT2D eigenvalue weighted by molar-refractivity contribution is -0.180. The third-order valence-corrected chi connectivity index (χ3v) is 3.39. The average Bonchev–Trinajstić information content (AvgIpc) is 2.73. The third kappa shape index (κ3) is 3.94. The Bertz CT molecular complexity index is 463. The molecule has 0 aliphatic carbocycles. The minimum absolute atomic E-state index is 0.218. The summed E-state index contributed by atoms with van der Waals surface area (Å²) >= 11 is 6.75. The molecule has 0 saturated carbocycles. The van der Waals surface area contributed by atoms with Gasteiger partial charge in [-0.05, 0) is 12.1 Å². The zero-order valence-electron chi connectivity index (χ0n) is 9.58. The highest BCUT2D eigenvalue weighted by Crippen LogP contribution is 2.28. The molecule has 0 aromatic carbocycles. The van der Waals surface area contributed by atoms with Crippen molar-refractivity contribution in [2.45, 2.75) is 18.9 Å². The monoisotopic (exact) mass is 315 g/mol. The highest BCUT2D eigenvalue weighted by Gasteiger charge is 2.51. The van der Waals surface area contributed by atoms with E-state index in [0.29, 0.717) is 14.1 Å². The van der Waals surface area contributed by atoms with Crippen LogP contribution in [-0.2, 0) is 11.3 Å². The maximum absolute atomic E-state index is 13.0. The zero-order valence-corrected chi connectivity index (χ0v) is 11.2. The van der Waals surface area contributed by atoms with Gasteiger partial charge >= 0.3 is 12.3 Å². The van der Waals surface area contributed by atoms with E-state index >= 15 is 0 Å². The molecule has 0 aliphatic heterocycles. The molecular weight excluding hydrogens is 306 g/mol. The normalized spacial score (nSPS) is 11.7. The van der Waals surface area contributed by atoms with E-state index in [1.54, 1.807) is 0 Å². The summed E-state index contributed by atoms with van der Waals surface area (Å²) in [6.07, 6.45) is -2.85. The zero-order chi connectivity index (χ0) is 14.6. The van der Waals surface area contributed by atoms with Gasteiger partial charge in [0.25, 0.3) is 5.91 Å². The molecule has 8 heteroatoms. The molecule has 0 unspecified atom stereocenters. The van der Waals surface area contributed by atoms with Gasteiger partial charge in [0.2, 0.25) is 0 Å². The summed E-state index contributed by atoms with van der Waals surface area (Å²) in [6, 6.07) is 3.07. The number of alkyl halides is 4. The Morgan fingerprint density at radius 3 is 2.58 bits per heavy atom. The molecule has 0 atom stereocenters. The van der Waals surface area contributed by atoms with Crippen LogP contribution in [0.4, 0.5) is 17.6 Å². The van der Waals surface area contributed by atoms with Crippen LogP contribution in [0.5, 0.6) is 0 Å². The predicted molar refractivity (Wildman–Crippen MR) is 65.9 cm³/mol. The number of halogens is 5. The first-order chi connectivity index (χ1) is 8.78. The van der Waals surface area contributed by atoms with E-state index in [-0.39, 0.29) is 13.1 Å². The fourth-order valence-electron chi connectivity index (χ4n) is 1.30. The summed E-state index contributed by atoms with van der Waals surface area (Å²) in [5.41, 5.74) is 0. The van der Waals surface area contributed by atoms with E-state index in [0.717, 1.165) is 11.3 Å². The van der Waals surface area contributed by atoms with Gasteiger partial charge in [-0.2, -0.15) is 8.78 Å². The molecule has 1 rings (SSSR count). The van der Waals surface area contributed by atoms with Gasteiger partial charge in [-0.25, -0.2) is 8.78 Å². The van der Waals surface area contributed by atoms with Crippen LogP contribution in [-0.4, -0.2) is 29.7 Å². The first-order valence-corrected chi connectivity index (χ1v) is 6.29. The van der Waals surface area contributed by atoms with Crippen molar-refractivity contribution in [2.75, 3.05) is 6.54 Å². The summed E-state index contributed by atoms with van der Waals surface area (Å²) in [7, 11) is 0. The van der Waals surface area contributed by atoms with Crippen LogP contribution in [0.25, 0.3) is 0 Å². The molecule has 1 amide bonds. The van der Waals surface area contributed by atoms with Crippen LogP contribution in [0.1, 0.15) is 4.88 Å². The Hall–Kier alpha value is -1.08. The van der Waals surface area contributed by atoms with Crippen molar-refractivity contribution in [1.29, 1.82) is 0 Å². The molecule has 0 aliphatic rings. The maximum atomic E-state index is 13.0. The van der Waals surface area contributed by atoms with E-state index in [9.17, 15) is 22.4 Å². The van der Waals surface area contributed by atoms with Gasteiger partial charge in [0.05, 0.1) is 10.9 Å². The molecule has 19 heavy (non-hydrogen) atoms. The largest absolute Gasteiger partial charge is 0.383 e. The van der Waals surface area contributed by atoms with Crippen LogP contribution >= 0.6 is 22.9 Å². The van der Waals surface area contributed by atoms with Crippen LogP contribution < -0.4 is 0 Å². The van der Waals surface area contributed by atoms with E-state index in [1.807, 2.05) is 0 Å². The number of nitrogens with zero attached hydrogens (tertiary/aromatic N) is 1. The first kappa shape index (κ1) is 16.0. The van der Waals surface area contributed by atoms with E-state index in [2.05, 4.69) is 6.58 Å². The van der Waals surface area contributed by atoms with Crippen molar-refractivity contribution >= 4 is 28.8 Å². The third-order valence-electron chi connectivity index (χ3n) is 2.17. The average molecular weight is 316 g/mol. The summed E-state index contributed by atoms with van der Waals surface area (Å²) in [5.74, 6) is -6.63. The Morgan fingerprint density at radius 1 is 1.53 bits per heavy atom. The van der Waals surface area contributed by atoms with E-state index in [4.69, 9.17) is 11.6 Å². The molecule has 1 heterocycles. The number of amides is 1. The number of hydrogen-bond acceptors (Lipinski definition) is 2. The van der Waals surface area contributed by atoms with Crippen LogP contribution in [0, 0.1) is 0 Å². The van der Waals surface area contributed by atoms with Crippen molar-refractivity contribution in [1.82, 2.24) is 4.90 Å². The van der Waals surface area contributed by atoms with Crippen molar-refractivity contribution in [3.63, 3.8) is 0 Å². The summed E-state index contributed by atoms with van der Waals surface area (Å²) in [5, 5.41) is 0. The highest BCUT2D eigenvalue weighted by atomic mass is 35.5. The number of carbonyl (C=O) groups excluding carboxylic acids is 1. The topological polar surface area (TPSA) is 20.3 Å². The number of hydrogen-bond donors (Lipinski definition) is 0. The SMILES string of the molecule is C=CCN(Cc1ccc(Cl)s1)C(=O)C(F)(F)C(F)F. The molecule has 106 valence electrons. The van der Waals surface area contributed by atoms with E-state index in [1.165, 1.54) is 18.2 Å². The molecule has 0 saturated heterocycles. The van der Waals surface area contributed by atoms with Crippen LogP contribution in [0.15, 0.2) is 24.8 Å². The van der Waals surface area contributed by atoms with Crippen molar-refractivity contribution in [2.24, 2.45) is 0 Å². The fourth-order valence-corrected chi connectivity index (χ4v) is 2.41. The number of thiophene rings is 1. The predicted octanol–water partition coefficient (Wildman–Crippen LogP) is 3.82.